The van der Waals surface area contributed by atoms with Gasteiger partial charge in [-0.3, -0.25) is 4.90 Å². The summed E-state index contributed by atoms with van der Waals surface area (Å²) in [5, 5.41) is 0. The molecule has 1 heterocycles. The fraction of sp³-hybridized carbons (Fsp3) is 0.875. The summed E-state index contributed by atoms with van der Waals surface area (Å²) in [6, 6.07) is 0. The zero-order valence-corrected chi connectivity index (χ0v) is 6.83. The SMILES string of the molecule is NCN1CCC(CC=O)CC1. The van der Waals surface area contributed by atoms with Crippen LogP contribution in [0.1, 0.15) is 19.3 Å². The number of carbonyl (C=O) groups excluding carboxylic acids is 1. The van der Waals surface area contributed by atoms with Crippen LogP contribution in [0.4, 0.5) is 0 Å². The van der Waals surface area contributed by atoms with Crippen molar-refractivity contribution in [3.8, 4) is 0 Å². The lowest BCUT2D eigenvalue weighted by Gasteiger charge is -2.29. The van der Waals surface area contributed by atoms with Gasteiger partial charge < -0.3 is 10.5 Å². The molecule has 0 radical (unpaired) electrons. The Morgan fingerprint density at radius 3 is 2.55 bits per heavy atom. The van der Waals surface area contributed by atoms with Crippen molar-refractivity contribution < 1.29 is 4.79 Å². The van der Waals surface area contributed by atoms with Gasteiger partial charge in [0.15, 0.2) is 0 Å². The number of hydrogen-bond donors (Lipinski definition) is 1. The molecule has 3 heteroatoms. The van der Waals surface area contributed by atoms with Gasteiger partial charge in [0.05, 0.1) is 0 Å². The summed E-state index contributed by atoms with van der Waals surface area (Å²) in [6.45, 7) is 2.79. The summed E-state index contributed by atoms with van der Waals surface area (Å²) in [5.74, 6) is 0.621. The van der Waals surface area contributed by atoms with E-state index < -0.39 is 0 Å². The zero-order chi connectivity index (χ0) is 8.10. The average molecular weight is 156 g/mol. The number of aldehydes is 1. The highest BCUT2D eigenvalue weighted by molar-refractivity contribution is 5.49. The summed E-state index contributed by atoms with van der Waals surface area (Å²) in [5.41, 5.74) is 5.48. The van der Waals surface area contributed by atoms with Crippen molar-refractivity contribution >= 4 is 6.29 Å². The van der Waals surface area contributed by atoms with Crippen LogP contribution in [0.15, 0.2) is 0 Å². The van der Waals surface area contributed by atoms with Crippen LogP contribution >= 0.6 is 0 Å². The third kappa shape index (κ3) is 2.60. The van der Waals surface area contributed by atoms with E-state index in [1.165, 1.54) is 0 Å². The molecular weight excluding hydrogens is 140 g/mol. The van der Waals surface area contributed by atoms with Crippen LogP contribution in [0.2, 0.25) is 0 Å². The summed E-state index contributed by atoms with van der Waals surface area (Å²) in [6.07, 6.45) is 4.03. The third-order valence-corrected chi connectivity index (χ3v) is 2.39. The van der Waals surface area contributed by atoms with E-state index in [1.54, 1.807) is 0 Å². The second kappa shape index (κ2) is 4.46. The van der Waals surface area contributed by atoms with E-state index in [-0.39, 0.29) is 0 Å². The Balaban J connectivity index is 2.18. The summed E-state index contributed by atoms with van der Waals surface area (Å²) in [4.78, 5) is 12.4. The molecule has 0 spiro atoms. The first-order chi connectivity index (χ1) is 5.36. The van der Waals surface area contributed by atoms with Crippen LogP contribution in [0.3, 0.4) is 0 Å². The van der Waals surface area contributed by atoms with Gasteiger partial charge in [-0.15, -0.1) is 0 Å². The fourth-order valence-electron chi connectivity index (χ4n) is 1.54. The van der Waals surface area contributed by atoms with Crippen molar-refractivity contribution in [2.75, 3.05) is 19.8 Å². The first kappa shape index (κ1) is 8.68. The molecule has 1 aliphatic rings. The van der Waals surface area contributed by atoms with Crippen molar-refractivity contribution in [3.05, 3.63) is 0 Å². The van der Waals surface area contributed by atoms with Crippen molar-refractivity contribution in [2.45, 2.75) is 19.3 Å². The zero-order valence-electron chi connectivity index (χ0n) is 6.83. The van der Waals surface area contributed by atoms with Gasteiger partial charge in [-0.05, 0) is 31.8 Å². The quantitative estimate of drug-likeness (QED) is 0.594. The van der Waals surface area contributed by atoms with E-state index in [9.17, 15) is 4.79 Å². The molecule has 2 N–H and O–H groups in total. The third-order valence-electron chi connectivity index (χ3n) is 2.39. The van der Waals surface area contributed by atoms with Crippen LogP contribution in [0, 0.1) is 5.92 Å². The number of likely N-dealkylation sites (tertiary alicyclic amines) is 1. The molecule has 11 heavy (non-hydrogen) atoms. The van der Waals surface area contributed by atoms with Crippen LogP contribution < -0.4 is 5.73 Å². The molecule has 0 aliphatic carbocycles. The lowest BCUT2D eigenvalue weighted by atomic mass is 9.94. The van der Waals surface area contributed by atoms with E-state index in [0.29, 0.717) is 12.6 Å². The predicted molar refractivity (Wildman–Crippen MR) is 44.0 cm³/mol. The lowest BCUT2D eigenvalue weighted by Crippen LogP contribution is -2.37. The number of rotatable bonds is 3. The fourth-order valence-corrected chi connectivity index (χ4v) is 1.54. The Morgan fingerprint density at radius 2 is 2.09 bits per heavy atom. The molecule has 0 saturated carbocycles. The topological polar surface area (TPSA) is 46.3 Å². The number of hydrogen-bond acceptors (Lipinski definition) is 3. The monoisotopic (exact) mass is 156 g/mol. The van der Waals surface area contributed by atoms with Gasteiger partial charge in [0.25, 0.3) is 0 Å². The molecule has 0 aromatic carbocycles. The van der Waals surface area contributed by atoms with Crippen LogP contribution in [0.25, 0.3) is 0 Å². The maximum Gasteiger partial charge on any atom is 0.120 e. The summed E-state index contributed by atoms with van der Waals surface area (Å²) >= 11 is 0. The van der Waals surface area contributed by atoms with Crippen molar-refractivity contribution in [1.82, 2.24) is 4.90 Å². The van der Waals surface area contributed by atoms with Gasteiger partial charge >= 0.3 is 0 Å². The molecular formula is C8H16N2O. The van der Waals surface area contributed by atoms with E-state index in [2.05, 4.69) is 4.90 Å². The lowest BCUT2D eigenvalue weighted by molar-refractivity contribution is -0.108. The molecule has 1 saturated heterocycles. The minimum atomic E-state index is 0.621. The molecule has 0 unspecified atom stereocenters. The van der Waals surface area contributed by atoms with Crippen molar-refractivity contribution in [1.29, 1.82) is 0 Å². The first-order valence-corrected chi connectivity index (χ1v) is 4.23. The minimum Gasteiger partial charge on any atom is -0.318 e. The Kier molecular flexibility index (Phi) is 3.52. The number of carbonyl (C=O) groups is 1. The molecule has 0 atom stereocenters. The van der Waals surface area contributed by atoms with Crippen molar-refractivity contribution in [2.24, 2.45) is 11.7 Å². The Labute approximate surface area is 67.5 Å². The van der Waals surface area contributed by atoms with Crippen molar-refractivity contribution in [3.63, 3.8) is 0 Å². The first-order valence-electron chi connectivity index (χ1n) is 4.23. The molecule has 0 bridgehead atoms. The minimum absolute atomic E-state index is 0.621. The van der Waals surface area contributed by atoms with Gasteiger partial charge in [0.1, 0.15) is 6.29 Å². The van der Waals surface area contributed by atoms with Gasteiger partial charge in [-0.1, -0.05) is 0 Å². The number of nitrogens with two attached hydrogens (primary N) is 1. The highest BCUT2D eigenvalue weighted by Gasteiger charge is 2.16. The van der Waals surface area contributed by atoms with Crippen LogP contribution in [-0.4, -0.2) is 30.9 Å². The second-order valence-corrected chi connectivity index (χ2v) is 3.15. The number of piperidine rings is 1. The molecule has 0 aromatic heterocycles. The van der Waals surface area contributed by atoms with Crippen LogP contribution in [0.5, 0.6) is 0 Å². The normalized spacial score (nSPS) is 21.9. The molecule has 64 valence electrons. The average Bonchev–Trinajstić information content (AvgIpc) is 2.07. The standard InChI is InChI=1S/C8H16N2O/c9-7-10-4-1-8(2-5-10)3-6-11/h6,8H,1-5,7,9H2. The highest BCUT2D eigenvalue weighted by Crippen LogP contribution is 2.18. The van der Waals surface area contributed by atoms with Gasteiger partial charge in [0, 0.05) is 13.1 Å². The van der Waals surface area contributed by atoms with E-state index in [0.717, 1.165) is 38.6 Å². The molecule has 0 amide bonds. The predicted octanol–water partition coefficient (Wildman–Crippen LogP) is 0.204. The maximum atomic E-state index is 10.2. The van der Waals surface area contributed by atoms with Gasteiger partial charge in [-0.2, -0.15) is 0 Å². The summed E-state index contributed by atoms with van der Waals surface area (Å²) in [7, 11) is 0. The summed E-state index contributed by atoms with van der Waals surface area (Å²) < 4.78 is 0. The molecule has 1 rings (SSSR count). The molecule has 0 aromatic rings. The van der Waals surface area contributed by atoms with Gasteiger partial charge in [-0.25, -0.2) is 0 Å². The molecule has 1 aliphatic heterocycles. The Bertz CT molecular complexity index is 119. The van der Waals surface area contributed by atoms with Gasteiger partial charge in [0.2, 0.25) is 0 Å². The Morgan fingerprint density at radius 1 is 1.45 bits per heavy atom. The largest absolute Gasteiger partial charge is 0.318 e. The van der Waals surface area contributed by atoms with E-state index in [4.69, 9.17) is 5.73 Å². The van der Waals surface area contributed by atoms with E-state index in [1.807, 2.05) is 0 Å². The highest BCUT2D eigenvalue weighted by atomic mass is 16.1. The molecule has 1 fully saturated rings. The number of nitrogens with zero attached hydrogens (tertiary/aromatic N) is 1. The molecule has 3 nitrogen and oxygen atoms in total. The maximum absolute atomic E-state index is 10.2. The second-order valence-electron chi connectivity index (χ2n) is 3.15. The smallest absolute Gasteiger partial charge is 0.120 e. The van der Waals surface area contributed by atoms with Crippen LogP contribution in [-0.2, 0) is 4.79 Å². The Hall–Kier alpha value is -0.410. The van der Waals surface area contributed by atoms with E-state index >= 15 is 0 Å².